The van der Waals surface area contributed by atoms with Gasteiger partial charge in [0.2, 0.25) is 0 Å². The molecular formula is C10H12N4S2. The fourth-order valence-electron chi connectivity index (χ4n) is 1.28. The van der Waals surface area contributed by atoms with E-state index in [9.17, 15) is 0 Å². The number of aryl methyl sites for hydroxylation is 2. The predicted molar refractivity (Wildman–Crippen MR) is 67.6 cm³/mol. The molecule has 0 saturated carbocycles. The molecule has 0 atom stereocenters. The van der Waals surface area contributed by atoms with Crippen molar-refractivity contribution < 1.29 is 0 Å². The Morgan fingerprint density at radius 1 is 1.31 bits per heavy atom. The van der Waals surface area contributed by atoms with E-state index in [1.807, 2.05) is 19.9 Å². The molecule has 2 rings (SSSR count). The maximum atomic E-state index is 5.56. The van der Waals surface area contributed by atoms with Gasteiger partial charge in [0, 0.05) is 28.2 Å². The van der Waals surface area contributed by atoms with Crippen LogP contribution in [0, 0.1) is 13.8 Å². The van der Waals surface area contributed by atoms with Gasteiger partial charge in [-0.1, -0.05) is 11.8 Å². The highest BCUT2D eigenvalue weighted by molar-refractivity contribution is 7.98. The van der Waals surface area contributed by atoms with Gasteiger partial charge in [0.25, 0.3) is 0 Å². The van der Waals surface area contributed by atoms with Gasteiger partial charge in [-0.15, -0.1) is 11.3 Å². The number of thiazole rings is 1. The summed E-state index contributed by atoms with van der Waals surface area (Å²) >= 11 is 3.11. The van der Waals surface area contributed by atoms with Crippen LogP contribution in [-0.4, -0.2) is 15.0 Å². The van der Waals surface area contributed by atoms with Gasteiger partial charge in [0.05, 0.1) is 0 Å². The third-order valence-corrected chi connectivity index (χ3v) is 3.78. The average Bonchev–Trinajstić information content (AvgIpc) is 2.60. The van der Waals surface area contributed by atoms with E-state index in [1.54, 1.807) is 18.0 Å². The molecule has 2 aromatic heterocycles. The van der Waals surface area contributed by atoms with Crippen LogP contribution in [0.5, 0.6) is 0 Å². The number of thioether (sulfide) groups is 1. The summed E-state index contributed by atoms with van der Waals surface area (Å²) in [6.45, 7) is 3.95. The van der Waals surface area contributed by atoms with E-state index in [2.05, 4.69) is 15.0 Å². The summed E-state index contributed by atoms with van der Waals surface area (Å²) in [5.74, 6) is 0.817. The molecule has 0 radical (unpaired) electrons. The lowest BCUT2D eigenvalue weighted by molar-refractivity contribution is 0.902. The summed E-state index contributed by atoms with van der Waals surface area (Å²) in [6, 6.07) is 1.97. The first-order valence-corrected chi connectivity index (χ1v) is 6.59. The highest BCUT2D eigenvalue weighted by Gasteiger charge is 2.03. The molecule has 16 heavy (non-hydrogen) atoms. The molecule has 6 heteroatoms. The van der Waals surface area contributed by atoms with E-state index >= 15 is 0 Å². The number of aromatic nitrogens is 3. The maximum absolute atomic E-state index is 5.56. The third kappa shape index (κ3) is 2.93. The summed E-state index contributed by atoms with van der Waals surface area (Å²) in [4.78, 5) is 13.9. The molecule has 2 N–H and O–H groups in total. The Morgan fingerprint density at radius 2 is 2.00 bits per heavy atom. The maximum Gasteiger partial charge on any atom is 0.188 e. The lowest BCUT2D eigenvalue weighted by Gasteiger charge is -2.01. The lowest BCUT2D eigenvalue weighted by atomic mass is 10.4. The molecule has 0 aliphatic carbocycles. The van der Waals surface area contributed by atoms with Crippen LogP contribution in [0.1, 0.15) is 16.3 Å². The van der Waals surface area contributed by atoms with Crippen molar-refractivity contribution in [3.8, 4) is 0 Å². The van der Waals surface area contributed by atoms with Crippen LogP contribution in [0.25, 0.3) is 0 Å². The van der Waals surface area contributed by atoms with Crippen molar-refractivity contribution in [3.05, 3.63) is 28.5 Å². The van der Waals surface area contributed by atoms with Gasteiger partial charge in [-0.05, 0) is 19.9 Å². The average molecular weight is 252 g/mol. The van der Waals surface area contributed by atoms with Gasteiger partial charge < -0.3 is 5.73 Å². The highest BCUT2D eigenvalue weighted by Crippen LogP contribution is 2.24. The minimum Gasteiger partial charge on any atom is -0.375 e. The van der Waals surface area contributed by atoms with E-state index in [-0.39, 0.29) is 0 Å². The quantitative estimate of drug-likeness (QED) is 0.671. The number of rotatable bonds is 3. The molecule has 0 spiro atoms. The van der Waals surface area contributed by atoms with Crippen molar-refractivity contribution >= 4 is 28.2 Å². The summed E-state index contributed by atoms with van der Waals surface area (Å²) in [7, 11) is 0. The zero-order valence-electron chi connectivity index (χ0n) is 9.10. The van der Waals surface area contributed by atoms with Gasteiger partial charge in [0.1, 0.15) is 0 Å². The third-order valence-electron chi connectivity index (χ3n) is 1.88. The molecule has 0 aliphatic heterocycles. The van der Waals surface area contributed by atoms with Crippen LogP contribution >= 0.6 is 23.1 Å². The summed E-state index contributed by atoms with van der Waals surface area (Å²) in [5, 5.41) is 1.42. The Hall–Kier alpha value is -1.14. The monoisotopic (exact) mass is 252 g/mol. The molecule has 0 fully saturated rings. The standard InChI is InChI=1S/C10H12N4S2/c1-6-3-7(2)14-10(13-6)15-5-8-4-12-9(11)16-8/h3-4H,5H2,1-2H3,(H2,11,12). The topological polar surface area (TPSA) is 64.7 Å². The van der Waals surface area contributed by atoms with Gasteiger partial charge in [-0.25, -0.2) is 15.0 Å². The second kappa shape index (κ2) is 4.80. The van der Waals surface area contributed by atoms with E-state index < -0.39 is 0 Å². The SMILES string of the molecule is Cc1cc(C)nc(SCc2cnc(N)s2)n1. The number of hydrogen-bond donors (Lipinski definition) is 1. The molecule has 0 bridgehead atoms. The normalized spacial score (nSPS) is 10.6. The fourth-order valence-corrected chi connectivity index (χ4v) is 2.94. The summed E-state index contributed by atoms with van der Waals surface area (Å²) in [6.07, 6.45) is 1.80. The van der Waals surface area contributed by atoms with Gasteiger partial charge in [-0.2, -0.15) is 0 Å². The number of hydrogen-bond acceptors (Lipinski definition) is 6. The number of nitrogen functional groups attached to an aromatic ring is 1. The van der Waals surface area contributed by atoms with Crippen LogP contribution in [-0.2, 0) is 5.75 Å². The van der Waals surface area contributed by atoms with Crippen LogP contribution in [0.15, 0.2) is 17.4 Å². The Balaban J connectivity index is 2.04. The van der Waals surface area contributed by atoms with E-state index in [4.69, 9.17) is 5.73 Å². The summed E-state index contributed by atoms with van der Waals surface area (Å²) < 4.78 is 0. The van der Waals surface area contributed by atoms with Crippen molar-refractivity contribution in [1.29, 1.82) is 0 Å². The van der Waals surface area contributed by atoms with E-state index in [0.29, 0.717) is 5.13 Å². The largest absolute Gasteiger partial charge is 0.375 e. The number of nitrogens with zero attached hydrogens (tertiary/aromatic N) is 3. The fraction of sp³-hybridized carbons (Fsp3) is 0.300. The van der Waals surface area contributed by atoms with Gasteiger partial charge in [-0.3, -0.25) is 0 Å². The minimum atomic E-state index is 0.608. The van der Waals surface area contributed by atoms with Crippen LogP contribution < -0.4 is 5.73 Å². The Labute approximate surface area is 102 Å². The smallest absolute Gasteiger partial charge is 0.188 e. The van der Waals surface area contributed by atoms with Crippen molar-refractivity contribution in [2.75, 3.05) is 5.73 Å². The van der Waals surface area contributed by atoms with Crippen LogP contribution in [0.2, 0.25) is 0 Å². The Morgan fingerprint density at radius 3 is 2.56 bits per heavy atom. The molecule has 0 unspecified atom stereocenters. The van der Waals surface area contributed by atoms with Crippen molar-refractivity contribution in [2.45, 2.75) is 24.8 Å². The van der Waals surface area contributed by atoms with Crippen molar-refractivity contribution in [1.82, 2.24) is 15.0 Å². The second-order valence-corrected chi connectivity index (χ2v) is 5.48. The van der Waals surface area contributed by atoms with Crippen LogP contribution in [0.4, 0.5) is 5.13 Å². The number of anilines is 1. The molecule has 2 aromatic rings. The molecule has 0 saturated heterocycles. The zero-order valence-corrected chi connectivity index (χ0v) is 10.7. The van der Waals surface area contributed by atoms with E-state index in [0.717, 1.165) is 27.2 Å². The Kier molecular flexibility index (Phi) is 3.40. The van der Waals surface area contributed by atoms with Gasteiger partial charge in [0.15, 0.2) is 10.3 Å². The Bertz CT molecular complexity index is 475. The first-order valence-electron chi connectivity index (χ1n) is 4.79. The minimum absolute atomic E-state index is 0.608. The molecule has 0 aliphatic rings. The highest BCUT2D eigenvalue weighted by atomic mass is 32.2. The number of nitrogens with two attached hydrogens (primary N) is 1. The molecule has 0 aromatic carbocycles. The van der Waals surface area contributed by atoms with Crippen LogP contribution in [0.3, 0.4) is 0 Å². The molecule has 2 heterocycles. The first-order chi connectivity index (χ1) is 7.63. The molecule has 0 amide bonds. The van der Waals surface area contributed by atoms with E-state index in [1.165, 1.54) is 11.3 Å². The van der Waals surface area contributed by atoms with Gasteiger partial charge >= 0.3 is 0 Å². The molecular weight excluding hydrogens is 240 g/mol. The second-order valence-electron chi connectivity index (χ2n) is 3.39. The first kappa shape index (κ1) is 11.3. The lowest BCUT2D eigenvalue weighted by Crippen LogP contribution is -1.92. The molecule has 4 nitrogen and oxygen atoms in total. The van der Waals surface area contributed by atoms with Crippen molar-refractivity contribution in [3.63, 3.8) is 0 Å². The predicted octanol–water partition coefficient (Wildman–Crippen LogP) is 2.42. The zero-order chi connectivity index (χ0) is 11.5. The van der Waals surface area contributed by atoms with Crippen molar-refractivity contribution in [2.24, 2.45) is 0 Å². The summed E-state index contributed by atoms with van der Waals surface area (Å²) in [5.41, 5.74) is 7.56. The molecule has 84 valence electrons.